The van der Waals surface area contributed by atoms with Crippen molar-refractivity contribution in [2.24, 2.45) is 5.41 Å². The number of hydrogen-bond acceptors (Lipinski definition) is 4. The third-order valence-electron chi connectivity index (χ3n) is 15.0. The lowest BCUT2D eigenvalue weighted by Crippen LogP contribution is -2.61. The molecule has 11 rings (SSSR count). The van der Waals surface area contributed by atoms with Crippen molar-refractivity contribution >= 4 is 85.5 Å². The highest BCUT2D eigenvalue weighted by Crippen LogP contribution is 2.52. The SMILES string of the molecule is Cc1cc(C(C)(C)C)cc(C)c1N1c2cc3c(cc2B2c4oc5ccc(C(C)(C)C)cc5c4N(c4ccc(C(C)(C)C)cc4)c4cc(N(c5ccccc5)c5ccccc5)cc1c42)CC(C)(C)C3. The molecule has 0 N–H and O–H groups in total. The Bertz CT molecular complexity index is 3220. The number of nitrogens with zero attached hydrogens (tertiary/aromatic N) is 3. The molecule has 0 unspecified atom stereocenters. The summed E-state index contributed by atoms with van der Waals surface area (Å²) in [5.74, 6) is 0. The van der Waals surface area contributed by atoms with E-state index in [1.807, 2.05) is 0 Å². The minimum absolute atomic E-state index is 0.00285. The second-order valence-corrected chi connectivity index (χ2v) is 24.0. The number of aryl methyl sites for hydroxylation is 2. The van der Waals surface area contributed by atoms with Gasteiger partial charge in [-0.25, -0.2) is 0 Å². The Labute approximate surface area is 405 Å². The molecule has 0 bridgehead atoms. The Hall–Kier alpha value is -6.46. The third kappa shape index (κ3) is 7.18. The second-order valence-electron chi connectivity index (χ2n) is 24.0. The van der Waals surface area contributed by atoms with Crippen molar-refractivity contribution in [3.63, 3.8) is 0 Å². The Balaban J connectivity index is 1.31. The van der Waals surface area contributed by atoms with Gasteiger partial charge in [-0.1, -0.05) is 149 Å². The minimum atomic E-state index is -0.156. The van der Waals surface area contributed by atoms with E-state index in [1.54, 1.807) is 0 Å². The molecular formula is C63H66BN3O. The maximum Gasteiger partial charge on any atom is 0.297 e. The molecule has 3 heterocycles. The fourth-order valence-electron chi connectivity index (χ4n) is 11.6. The van der Waals surface area contributed by atoms with Crippen LogP contribution in [0, 0.1) is 19.3 Å². The van der Waals surface area contributed by atoms with Gasteiger partial charge in [-0.15, -0.1) is 0 Å². The molecular weight excluding hydrogens is 826 g/mol. The Kier molecular flexibility index (Phi) is 9.90. The zero-order chi connectivity index (χ0) is 47.8. The van der Waals surface area contributed by atoms with Crippen LogP contribution in [0.1, 0.15) is 115 Å². The van der Waals surface area contributed by atoms with E-state index in [9.17, 15) is 0 Å². The van der Waals surface area contributed by atoms with Gasteiger partial charge in [0.15, 0.2) is 0 Å². The summed E-state index contributed by atoms with van der Waals surface area (Å²) < 4.78 is 7.44. The van der Waals surface area contributed by atoms with Crippen LogP contribution >= 0.6 is 0 Å². The second kappa shape index (κ2) is 15.3. The predicted molar refractivity (Wildman–Crippen MR) is 292 cm³/mol. The summed E-state index contributed by atoms with van der Waals surface area (Å²) in [5.41, 5.74) is 24.4. The van der Waals surface area contributed by atoms with E-state index in [-0.39, 0.29) is 28.4 Å². The molecule has 0 amide bonds. The summed E-state index contributed by atoms with van der Waals surface area (Å²) >= 11 is 0. The van der Waals surface area contributed by atoms with Gasteiger partial charge in [-0.05, 0) is 165 Å². The molecule has 1 aliphatic carbocycles. The van der Waals surface area contributed by atoms with Gasteiger partial charge in [0.1, 0.15) is 5.58 Å². The normalized spacial score (nSPS) is 15.0. The lowest BCUT2D eigenvalue weighted by molar-refractivity contribution is 0.392. The van der Waals surface area contributed by atoms with E-state index in [1.165, 1.54) is 66.9 Å². The zero-order valence-corrected chi connectivity index (χ0v) is 42.5. The molecule has 0 spiro atoms. The largest absolute Gasteiger partial charge is 0.468 e. The molecule has 0 atom stereocenters. The Morgan fingerprint density at radius 1 is 0.515 bits per heavy atom. The quantitative estimate of drug-likeness (QED) is 0.161. The topological polar surface area (TPSA) is 22.9 Å². The van der Waals surface area contributed by atoms with Crippen molar-refractivity contribution in [1.29, 1.82) is 0 Å². The van der Waals surface area contributed by atoms with Crippen LogP contribution in [0.3, 0.4) is 0 Å². The van der Waals surface area contributed by atoms with Crippen LogP contribution in [-0.4, -0.2) is 6.71 Å². The molecule has 2 aliphatic heterocycles. The highest BCUT2D eigenvalue weighted by molar-refractivity contribution is 7.00. The summed E-state index contributed by atoms with van der Waals surface area (Å²) in [6.45, 7) is 30.2. The summed E-state index contributed by atoms with van der Waals surface area (Å²) in [5, 5.41) is 1.14. The van der Waals surface area contributed by atoms with E-state index in [2.05, 4.69) is 244 Å². The first-order valence-electron chi connectivity index (χ1n) is 24.8. The van der Waals surface area contributed by atoms with Crippen LogP contribution in [0.5, 0.6) is 0 Å². The van der Waals surface area contributed by atoms with Gasteiger partial charge in [0.05, 0.1) is 22.7 Å². The maximum atomic E-state index is 7.44. The monoisotopic (exact) mass is 892 g/mol. The van der Waals surface area contributed by atoms with E-state index >= 15 is 0 Å². The molecule has 0 saturated carbocycles. The highest BCUT2D eigenvalue weighted by Gasteiger charge is 2.49. The van der Waals surface area contributed by atoms with Gasteiger partial charge in [0.2, 0.25) is 0 Å². The van der Waals surface area contributed by atoms with Crippen LogP contribution < -0.4 is 31.3 Å². The summed E-state index contributed by atoms with van der Waals surface area (Å²) in [7, 11) is 0. The van der Waals surface area contributed by atoms with E-state index in [0.29, 0.717) is 0 Å². The first-order valence-corrected chi connectivity index (χ1v) is 24.8. The summed E-state index contributed by atoms with van der Waals surface area (Å²) in [6, 6.07) is 53.0. The smallest absolute Gasteiger partial charge is 0.297 e. The minimum Gasteiger partial charge on any atom is -0.468 e. The number of fused-ring (bicyclic) bond motifs is 7. The summed E-state index contributed by atoms with van der Waals surface area (Å²) in [6.07, 6.45) is 2.10. The lowest BCUT2D eigenvalue weighted by Gasteiger charge is -2.44. The number of rotatable bonds is 5. The molecule has 8 aromatic rings. The first kappa shape index (κ1) is 44.1. The number of hydrogen-bond donors (Lipinski definition) is 0. The van der Waals surface area contributed by atoms with E-state index < -0.39 is 0 Å². The fourth-order valence-corrected chi connectivity index (χ4v) is 11.6. The van der Waals surface area contributed by atoms with Crippen LogP contribution in [-0.2, 0) is 29.1 Å². The molecule has 0 saturated heterocycles. The van der Waals surface area contributed by atoms with Crippen LogP contribution in [0.2, 0.25) is 0 Å². The molecule has 0 radical (unpaired) electrons. The van der Waals surface area contributed by atoms with Crippen molar-refractivity contribution in [3.05, 3.63) is 178 Å². The molecule has 3 aliphatic rings. The summed E-state index contributed by atoms with van der Waals surface area (Å²) in [4.78, 5) is 7.64. The van der Waals surface area contributed by atoms with Crippen molar-refractivity contribution in [3.8, 4) is 0 Å². The number of anilines is 9. The van der Waals surface area contributed by atoms with Crippen LogP contribution in [0.25, 0.3) is 11.0 Å². The van der Waals surface area contributed by atoms with Gasteiger partial charge in [-0.3, -0.25) is 0 Å². The van der Waals surface area contributed by atoms with Gasteiger partial charge >= 0.3 is 0 Å². The average Bonchev–Trinajstić information content (AvgIpc) is 3.81. The van der Waals surface area contributed by atoms with Crippen molar-refractivity contribution in [2.75, 3.05) is 14.7 Å². The molecule has 4 nitrogen and oxygen atoms in total. The molecule has 68 heavy (non-hydrogen) atoms. The molecule has 0 fully saturated rings. The van der Waals surface area contributed by atoms with Crippen LogP contribution in [0.4, 0.5) is 51.2 Å². The van der Waals surface area contributed by atoms with Crippen molar-refractivity contribution < 1.29 is 4.42 Å². The zero-order valence-electron chi connectivity index (χ0n) is 42.5. The highest BCUT2D eigenvalue weighted by atomic mass is 16.3. The molecule has 7 aromatic carbocycles. The van der Waals surface area contributed by atoms with Gasteiger partial charge in [-0.2, -0.15) is 0 Å². The van der Waals surface area contributed by atoms with Crippen molar-refractivity contribution in [2.45, 2.75) is 119 Å². The Morgan fingerprint density at radius 2 is 1.04 bits per heavy atom. The predicted octanol–water partition coefficient (Wildman–Crippen LogP) is 15.6. The third-order valence-corrected chi connectivity index (χ3v) is 15.0. The van der Waals surface area contributed by atoms with Crippen molar-refractivity contribution in [1.82, 2.24) is 0 Å². The molecule has 1 aromatic heterocycles. The van der Waals surface area contributed by atoms with Gasteiger partial charge in [0, 0.05) is 39.5 Å². The molecule has 5 heteroatoms. The number of para-hydroxylation sites is 2. The van der Waals surface area contributed by atoms with E-state index in [4.69, 9.17) is 4.42 Å². The fraction of sp³-hybridized carbons (Fsp3) is 0.302. The van der Waals surface area contributed by atoms with E-state index in [0.717, 1.165) is 63.6 Å². The first-order chi connectivity index (χ1) is 32.2. The Morgan fingerprint density at radius 3 is 1.60 bits per heavy atom. The number of furan rings is 1. The lowest BCUT2D eigenvalue weighted by atomic mass is 9.35. The van der Waals surface area contributed by atoms with Gasteiger partial charge < -0.3 is 19.1 Å². The number of benzene rings is 7. The van der Waals surface area contributed by atoms with Gasteiger partial charge in [0.25, 0.3) is 6.71 Å². The average molecular weight is 892 g/mol. The molecule has 342 valence electrons. The maximum absolute atomic E-state index is 7.44. The van der Waals surface area contributed by atoms with Crippen LogP contribution in [0.15, 0.2) is 144 Å². The standard InChI is InChI=1S/C63H66BN3O/c1-39-30-45(62(9,10)11)31-40(2)57(39)67-52-33-42-38-63(12,13)37-41(42)32-51(52)64-56-53(35-49(36-54(56)67)65(46-20-16-14-17-21-46)47-22-18-15-19-23-47)66(48-27-24-43(25-28-48)60(3,4)5)58-50-34-44(61(6,7)8)26-29-55(50)68-59(58)64/h14-36H,37-38H2,1-13H3.